The number of carbonyl (C=O) groups excluding carboxylic acids is 1. The lowest BCUT2D eigenvalue weighted by Crippen LogP contribution is -2.42. The summed E-state index contributed by atoms with van der Waals surface area (Å²) in [6, 6.07) is 20.3. The van der Waals surface area contributed by atoms with E-state index in [-0.39, 0.29) is 17.5 Å². The summed E-state index contributed by atoms with van der Waals surface area (Å²) in [4.78, 5) is 13.2. The third-order valence-corrected chi connectivity index (χ3v) is 7.28. The molecule has 3 aromatic rings. The number of hydrogen-bond donors (Lipinski definition) is 1. The molecule has 1 N–H and O–H groups in total. The van der Waals surface area contributed by atoms with Crippen LogP contribution >= 0.6 is 0 Å². The van der Waals surface area contributed by atoms with Crippen LogP contribution in [0.25, 0.3) is 0 Å². The molecule has 8 heteroatoms. The highest BCUT2D eigenvalue weighted by Gasteiger charge is 2.28. The summed E-state index contributed by atoms with van der Waals surface area (Å²) >= 11 is 0. The highest BCUT2D eigenvalue weighted by Crippen LogP contribution is 2.31. The van der Waals surface area contributed by atoms with E-state index < -0.39 is 15.9 Å². The second-order valence-electron chi connectivity index (χ2n) is 7.80. The van der Waals surface area contributed by atoms with Crippen molar-refractivity contribution in [3.05, 3.63) is 83.9 Å². The Labute approximate surface area is 201 Å². The summed E-state index contributed by atoms with van der Waals surface area (Å²) < 4.78 is 38.7. The number of rotatable bonds is 10. The molecule has 1 unspecified atom stereocenters. The molecule has 0 aliphatic heterocycles. The van der Waals surface area contributed by atoms with Gasteiger partial charge in [-0.05, 0) is 55.3 Å². The first kappa shape index (κ1) is 25.1. The van der Waals surface area contributed by atoms with Gasteiger partial charge in [0.1, 0.15) is 6.54 Å². The van der Waals surface area contributed by atoms with Gasteiger partial charge in [-0.15, -0.1) is 0 Å². The van der Waals surface area contributed by atoms with Crippen LogP contribution in [0.2, 0.25) is 0 Å². The number of benzene rings is 3. The summed E-state index contributed by atoms with van der Waals surface area (Å²) in [6.07, 6.45) is 0.608. The van der Waals surface area contributed by atoms with E-state index in [4.69, 9.17) is 9.47 Å². The maximum absolute atomic E-state index is 13.4. The lowest BCUT2D eigenvalue weighted by atomic mass is 10.0. The predicted octanol–water partition coefficient (Wildman–Crippen LogP) is 4.48. The minimum absolute atomic E-state index is 0.121. The number of carbonyl (C=O) groups is 1. The van der Waals surface area contributed by atoms with Gasteiger partial charge in [0.05, 0.1) is 30.8 Å². The molecule has 0 aliphatic rings. The van der Waals surface area contributed by atoms with E-state index in [0.717, 1.165) is 15.4 Å². The van der Waals surface area contributed by atoms with E-state index in [2.05, 4.69) is 5.32 Å². The molecule has 1 atom stereocenters. The second kappa shape index (κ2) is 11.1. The SMILES string of the molecule is CCC(NC(=O)CN(c1ccc(C)cc1)S(=O)(=O)c1ccccc1)c1ccc(OC)c(OC)c1. The van der Waals surface area contributed by atoms with Crippen LogP contribution in [0.5, 0.6) is 11.5 Å². The molecular weight excluding hydrogens is 452 g/mol. The van der Waals surface area contributed by atoms with Crippen molar-refractivity contribution < 1.29 is 22.7 Å². The molecule has 0 bridgehead atoms. The number of hydrogen-bond acceptors (Lipinski definition) is 5. The van der Waals surface area contributed by atoms with Crippen molar-refractivity contribution >= 4 is 21.6 Å². The van der Waals surface area contributed by atoms with Crippen molar-refractivity contribution in [2.45, 2.75) is 31.2 Å². The summed E-state index contributed by atoms with van der Waals surface area (Å²) in [5.74, 6) is 0.731. The van der Waals surface area contributed by atoms with E-state index in [1.807, 2.05) is 38.1 Å². The van der Waals surface area contributed by atoms with Gasteiger partial charge < -0.3 is 14.8 Å². The molecule has 180 valence electrons. The Morgan fingerprint density at radius 2 is 1.59 bits per heavy atom. The average Bonchev–Trinajstić information content (AvgIpc) is 2.86. The Morgan fingerprint density at radius 3 is 2.18 bits per heavy atom. The molecule has 0 aliphatic carbocycles. The first-order valence-electron chi connectivity index (χ1n) is 11.0. The van der Waals surface area contributed by atoms with Crippen LogP contribution in [-0.2, 0) is 14.8 Å². The Bertz CT molecular complexity index is 1210. The fourth-order valence-corrected chi connectivity index (χ4v) is 5.05. The van der Waals surface area contributed by atoms with E-state index in [9.17, 15) is 13.2 Å². The molecule has 1 amide bonds. The summed E-state index contributed by atoms with van der Waals surface area (Å²) in [5.41, 5.74) is 2.25. The zero-order valence-corrected chi connectivity index (χ0v) is 20.6. The smallest absolute Gasteiger partial charge is 0.264 e. The van der Waals surface area contributed by atoms with E-state index >= 15 is 0 Å². The third-order valence-electron chi connectivity index (χ3n) is 5.49. The van der Waals surface area contributed by atoms with Crippen LogP contribution in [0.3, 0.4) is 0 Å². The molecule has 34 heavy (non-hydrogen) atoms. The Hall–Kier alpha value is -3.52. The van der Waals surface area contributed by atoms with Crippen molar-refractivity contribution in [2.75, 3.05) is 25.1 Å². The van der Waals surface area contributed by atoms with Crippen LogP contribution in [0.15, 0.2) is 77.7 Å². The number of amides is 1. The molecule has 0 saturated carbocycles. The van der Waals surface area contributed by atoms with Crippen molar-refractivity contribution in [3.8, 4) is 11.5 Å². The molecule has 0 fully saturated rings. The van der Waals surface area contributed by atoms with Crippen molar-refractivity contribution in [1.82, 2.24) is 5.32 Å². The number of anilines is 1. The maximum Gasteiger partial charge on any atom is 0.264 e. The van der Waals surface area contributed by atoms with Gasteiger partial charge >= 0.3 is 0 Å². The standard InChI is InChI=1S/C26H30N2O5S/c1-5-23(20-13-16-24(32-3)25(17-20)33-4)27-26(29)18-28(21-14-11-19(2)12-15-21)34(30,31)22-9-7-6-8-10-22/h6-17,23H,5,18H2,1-4H3,(H,27,29). The summed E-state index contributed by atoms with van der Waals surface area (Å²) in [7, 11) is -0.843. The van der Waals surface area contributed by atoms with Crippen molar-refractivity contribution in [2.24, 2.45) is 0 Å². The number of sulfonamides is 1. The molecule has 0 spiro atoms. The normalized spacial score (nSPS) is 12.0. The van der Waals surface area contributed by atoms with Gasteiger partial charge in [-0.1, -0.05) is 48.9 Å². The molecule has 0 heterocycles. The molecular formula is C26H30N2O5S. The molecule has 0 aromatic heterocycles. The largest absolute Gasteiger partial charge is 0.493 e. The second-order valence-corrected chi connectivity index (χ2v) is 9.67. The zero-order chi connectivity index (χ0) is 24.7. The van der Waals surface area contributed by atoms with E-state index in [1.165, 1.54) is 12.1 Å². The number of aryl methyl sites for hydroxylation is 1. The highest BCUT2D eigenvalue weighted by molar-refractivity contribution is 7.92. The number of methoxy groups -OCH3 is 2. The van der Waals surface area contributed by atoms with E-state index in [0.29, 0.717) is 23.6 Å². The van der Waals surface area contributed by atoms with Crippen LogP contribution in [0.4, 0.5) is 5.69 Å². The van der Waals surface area contributed by atoms with Gasteiger partial charge in [-0.3, -0.25) is 9.10 Å². The number of nitrogens with one attached hydrogen (secondary N) is 1. The Kier molecular flexibility index (Phi) is 8.17. The topological polar surface area (TPSA) is 84.9 Å². The van der Waals surface area contributed by atoms with Gasteiger partial charge in [-0.2, -0.15) is 0 Å². The number of nitrogens with zero attached hydrogens (tertiary/aromatic N) is 1. The minimum Gasteiger partial charge on any atom is -0.493 e. The average molecular weight is 483 g/mol. The van der Waals surface area contributed by atoms with Gasteiger partial charge in [0.2, 0.25) is 5.91 Å². The fourth-order valence-electron chi connectivity index (χ4n) is 3.61. The molecule has 3 aromatic carbocycles. The summed E-state index contributed by atoms with van der Waals surface area (Å²) in [6.45, 7) is 3.51. The van der Waals surface area contributed by atoms with E-state index in [1.54, 1.807) is 50.6 Å². The van der Waals surface area contributed by atoms with Crippen LogP contribution in [0, 0.1) is 6.92 Å². The Balaban J connectivity index is 1.89. The van der Waals surface area contributed by atoms with Crippen molar-refractivity contribution in [3.63, 3.8) is 0 Å². The zero-order valence-electron chi connectivity index (χ0n) is 19.8. The van der Waals surface area contributed by atoms with Gasteiger partial charge in [0, 0.05) is 0 Å². The fraction of sp³-hybridized carbons (Fsp3) is 0.269. The lowest BCUT2D eigenvalue weighted by molar-refractivity contribution is -0.120. The maximum atomic E-state index is 13.4. The summed E-state index contributed by atoms with van der Waals surface area (Å²) in [5, 5.41) is 2.97. The van der Waals surface area contributed by atoms with Gasteiger partial charge in [0.25, 0.3) is 10.0 Å². The number of ether oxygens (including phenoxy) is 2. The minimum atomic E-state index is -3.95. The Morgan fingerprint density at radius 1 is 0.941 bits per heavy atom. The van der Waals surface area contributed by atoms with Crippen molar-refractivity contribution in [1.29, 1.82) is 0 Å². The van der Waals surface area contributed by atoms with Gasteiger partial charge in [0.15, 0.2) is 11.5 Å². The third kappa shape index (κ3) is 5.69. The lowest BCUT2D eigenvalue weighted by Gasteiger charge is -2.26. The monoisotopic (exact) mass is 482 g/mol. The highest BCUT2D eigenvalue weighted by atomic mass is 32.2. The van der Waals surface area contributed by atoms with Gasteiger partial charge in [-0.25, -0.2) is 8.42 Å². The van der Waals surface area contributed by atoms with Crippen LogP contribution in [0.1, 0.15) is 30.5 Å². The molecule has 0 radical (unpaired) electrons. The molecule has 0 saturated heterocycles. The van der Waals surface area contributed by atoms with Crippen LogP contribution < -0.4 is 19.1 Å². The quantitative estimate of drug-likeness (QED) is 0.461. The molecule has 7 nitrogen and oxygen atoms in total. The molecule has 3 rings (SSSR count). The first-order chi connectivity index (χ1) is 16.3. The first-order valence-corrected chi connectivity index (χ1v) is 12.4. The van der Waals surface area contributed by atoms with Crippen LogP contribution in [-0.4, -0.2) is 35.1 Å². The predicted molar refractivity (Wildman–Crippen MR) is 133 cm³/mol.